The Hall–Kier alpha value is -1.11. The molecular formula is C35H51IO4. The molecule has 222 valence electrons. The minimum atomic E-state index is -0.139. The molecule has 4 fully saturated rings. The predicted octanol–water partition coefficient (Wildman–Crippen LogP) is 9.09. The molecule has 0 heterocycles. The van der Waals surface area contributed by atoms with Crippen molar-refractivity contribution < 1.29 is 19.1 Å². The third kappa shape index (κ3) is 4.86. The second kappa shape index (κ2) is 11.5. The molecule has 0 saturated heterocycles. The van der Waals surface area contributed by atoms with Crippen LogP contribution in [0.3, 0.4) is 0 Å². The SMILES string of the molecule is CC[C@H]1[C@@H](OC(=O)c2cccc(I)c2)[C@@H]2[C@H](CC[C@@]3(C)[C@H]2CC[C@]3(C)[C@H](C)CCC(=O)OC)[C@@]2(C)CCCC[C@@H]12. The lowest BCUT2D eigenvalue weighted by Crippen LogP contribution is -2.62. The number of hydrogen-bond donors (Lipinski definition) is 0. The van der Waals surface area contributed by atoms with Crippen LogP contribution >= 0.6 is 22.6 Å². The molecule has 5 rings (SSSR count). The molecule has 4 aliphatic carbocycles. The highest BCUT2D eigenvalue weighted by atomic mass is 127. The summed E-state index contributed by atoms with van der Waals surface area (Å²) in [5, 5.41) is 0. The molecule has 4 nitrogen and oxygen atoms in total. The molecule has 0 radical (unpaired) electrons. The van der Waals surface area contributed by atoms with Crippen LogP contribution in [-0.2, 0) is 14.3 Å². The molecule has 0 N–H and O–H groups in total. The normalized spacial score (nSPS) is 41.3. The second-order valence-electron chi connectivity index (χ2n) is 14.5. The first-order valence-electron chi connectivity index (χ1n) is 16.0. The molecule has 0 unspecified atom stereocenters. The molecule has 0 bridgehead atoms. The molecular weight excluding hydrogens is 611 g/mol. The first-order valence-corrected chi connectivity index (χ1v) is 17.1. The second-order valence-corrected chi connectivity index (χ2v) is 15.8. The smallest absolute Gasteiger partial charge is 0.338 e. The predicted molar refractivity (Wildman–Crippen MR) is 168 cm³/mol. The van der Waals surface area contributed by atoms with Crippen LogP contribution in [0.5, 0.6) is 0 Å². The Labute approximate surface area is 256 Å². The summed E-state index contributed by atoms with van der Waals surface area (Å²) in [6.45, 7) is 12.4. The van der Waals surface area contributed by atoms with Crippen molar-refractivity contribution in [2.24, 2.45) is 51.8 Å². The van der Waals surface area contributed by atoms with Gasteiger partial charge in [-0.15, -0.1) is 0 Å². The van der Waals surface area contributed by atoms with E-state index in [2.05, 4.69) is 57.2 Å². The highest BCUT2D eigenvalue weighted by Gasteiger charge is 2.68. The Bertz CT molecular complexity index is 1100. The molecule has 5 heteroatoms. The lowest BCUT2D eigenvalue weighted by molar-refractivity contribution is -0.202. The summed E-state index contributed by atoms with van der Waals surface area (Å²) in [6.07, 6.45) is 12.5. The number of halogens is 1. The van der Waals surface area contributed by atoms with Crippen LogP contribution in [0, 0.1) is 55.3 Å². The maximum atomic E-state index is 13.8. The molecule has 0 spiro atoms. The van der Waals surface area contributed by atoms with E-state index in [4.69, 9.17) is 9.47 Å². The summed E-state index contributed by atoms with van der Waals surface area (Å²) < 4.78 is 12.8. The topological polar surface area (TPSA) is 52.6 Å². The lowest BCUT2D eigenvalue weighted by atomic mass is 9.40. The van der Waals surface area contributed by atoms with E-state index in [1.54, 1.807) is 0 Å². The molecule has 0 aromatic heterocycles. The number of esters is 2. The summed E-state index contributed by atoms with van der Waals surface area (Å²) in [7, 11) is 1.49. The van der Waals surface area contributed by atoms with Crippen LogP contribution in [0.2, 0.25) is 0 Å². The standard InChI is InChI=1S/C35H51IO4/c1-7-25-26-13-8-9-18-33(26,3)27-16-20-35(5)28(17-19-34(35,4)22(2)14-15-29(37)39-6)30(27)31(25)40-32(38)23-11-10-12-24(36)21-23/h10-12,21-22,25-28,30-31H,7-9,13-20H2,1-6H3/t22-,25-,26+,27+,28+,30-,31-,33+,34-,35+/m1/s1. The van der Waals surface area contributed by atoms with Crippen LogP contribution in [0.1, 0.15) is 116 Å². The van der Waals surface area contributed by atoms with Gasteiger partial charge in [-0.25, -0.2) is 4.79 Å². The van der Waals surface area contributed by atoms with Crippen LogP contribution < -0.4 is 0 Å². The zero-order valence-electron chi connectivity index (χ0n) is 25.6. The van der Waals surface area contributed by atoms with Crippen LogP contribution in [-0.4, -0.2) is 25.2 Å². The fraction of sp³-hybridized carbons (Fsp3) is 0.771. The van der Waals surface area contributed by atoms with Gasteiger partial charge in [0.2, 0.25) is 0 Å². The first-order chi connectivity index (χ1) is 19.0. The fourth-order valence-electron chi connectivity index (χ4n) is 10.8. The van der Waals surface area contributed by atoms with Gasteiger partial charge in [-0.1, -0.05) is 53.5 Å². The van der Waals surface area contributed by atoms with Crippen molar-refractivity contribution in [1.29, 1.82) is 0 Å². The highest BCUT2D eigenvalue weighted by Crippen LogP contribution is 2.73. The quantitative estimate of drug-likeness (QED) is 0.216. The summed E-state index contributed by atoms with van der Waals surface area (Å²) >= 11 is 2.29. The summed E-state index contributed by atoms with van der Waals surface area (Å²) in [5.74, 6) is 2.81. The van der Waals surface area contributed by atoms with Gasteiger partial charge in [0.25, 0.3) is 0 Å². The van der Waals surface area contributed by atoms with Gasteiger partial charge in [0.1, 0.15) is 6.10 Å². The molecule has 0 amide bonds. The number of ether oxygens (including phenoxy) is 2. The summed E-state index contributed by atoms with van der Waals surface area (Å²) in [4.78, 5) is 25.8. The minimum Gasteiger partial charge on any atom is -0.469 e. The van der Waals surface area contributed by atoms with Crippen LogP contribution in [0.4, 0.5) is 0 Å². The Morgan fingerprint density at radius 2 is 1.77 bits per heavy atom. The number of benzene rings is 1. The van der Waals surface area contributed by atoms with Crippen molar-refractivity contribution in [2.45, 2.75) is 111 Å². The average Bonchev–Trinajstić information content (AvgIpc) is 3.22. The summed E-state index contributed by atoms with van der Waals surface area (Å²) in [5.41, 5.74) is 1.35. The van der Waals surface area contributed by atoms with Gasteiger partial charge in [-0.05, 0) is 138 Å². The fourth-order valence-corrected chi connectivity index (χ4v) is 11.4. The van der Waals surface area contributed by atoms with Crippen LogP contribution in [0.25, 0.3) is 0 Å². The molecule has 1 aromatic carbocycles. The average molecular weight is 663 g/mol. The van der Waals surface area contributed by atoms with Gasteiger partial charge < -0.3 is 9.47 Å². The lowest BCUT2D eigenvalue weighted by Gasteiger charge is -2.65. The molecule has 40 heavy (non-hydrogen) atoms. The Balaban J connectivity index is 1.51. The molecule has 4 aliphatic rings. The first kappa shape index (κ1) is 30.4. The van der Waals surface area contributed by atoms with Crippen molar-refractivity contribution in [3.8, 4) is 0 Å². The minimum absolute atomic E-state index is 0.0195. The van der Waals surface area contributed by atoms with Crippen LogP contribution in [0.15, 0.2) is 24.3 Å². The number of carbonyl (C=O) groups excluding carboxylic acids is 2. The Morgan fingerprint density at radius 3 is 2.48 bits per heavy atom. The van der Waals surface area contributed by atoms with E-state index in [0.717, 1.165) is 16.4 Å². The van der Waals surface area contributed by atoms with Crippen molar-refractivity contribution >= 4 is 34.5 Å². The van der Waals surface area contributed by atoms with Gasteiger partial charge in [0, 0.05) is 15.9 Å². The van der Waals surface area contributed by atoms with E-state index in [-0.39, 0.29) is 28.9 Å². The monoisotopic (exact) mass is 662 g/mol. The number of rotatable bonds is 7. The molecule has 10 atom stereocenters. The van der Waals surface area contributed by atoms with Gasteiger partial charge in [-0.3, -0.25) is 4.79 Å². The van der Waals surface area contributed by atoms with Gasteiger partial charge in [0.15, 0.2) is 0 Å². The van der Waals surface area contributed by atoms with E-state index in [9.17, 15) is 9.59 Å². The van der Waals surface area contributed by atoms with Gasteiger partial charge in [0.05, 0.1) is 12.7 Å². The zero-order valence-corrected chi connectivity index (χ0v) is 27.8. The van der Waals surface area contributed by atoms with Crippen molar-refractivity contribution in [3.63, 3.8) is 0 Å². The number of methoxy groups -OCH3 is 1. The van der Waals surface area contributed by atoms with Crippen molar-refractivity contribution in [1.82, 2.24) is 0 Å². The third-order valence-electron chi connectivity index (χ3n) is 13.4. The van der Waals surface area contributed by atoms with Crippen molar-refractivity contribution in [2.75, 3.05) is 7.11 Å². The Morgan fingerprint density at radius 1 is 1.02 bits per heavy atom. The number of carbonyl (C=O) groups is 2. The summed E-state index contributed by atoms with van der Waals surface area (Å²) in [6, 6.07) is 7.88. The Kier molecular flexibility index (Phi) is 8.74. The maximum Gasteiger partial charge on any atom is 0.338 e. The van der Waals surface area contributed by atoms with E-state index in [1.165, 1.54) is 58.5 Å². The van der Waals surface area contributed by atoms with Gasteiger partial charge >= 0.3 is 11.9 Å². The van der Waals surface area contributed by atoms with E-state index < -0.39 is 0 Å². The molecule has 1 aromatic rings. The molecule has 4 saturated carbocycles. The van der Waals surface area contributed by atoms with E-state index in [1.807, 2.05) is 24.3 Å². The largest absolute Gasteiger partial charge is 0.469 e. The number of hydrogen-bond acceptors (Lipinski definition) is 4. The van der Waals surface area contributed by atoms with Gasteiger partial charge in [-0.2, -0.15) is 0 Å². The molecule has 0 aliphatic heterocycles. The maximum absolute atomic E-state index is 13.8. The highest BCUT2D eigenvalue weighted by molar-refractivity contribution is 14.1. The number of fused-ring (bicyclic) bond motifs is 5. The van der Waals surface area contributed by atoms with E-state index in [0.29, 0.717) is 52.9 Å². The zero-order chi connectivity index (χ0) is 28.9. The third-order valence-corrected chi connectivity index (χ3v) is 14.0. The van der Waals surface area contributed by atoms with E-state index >= 15 is 0 Å². The van der Waals surface area contributed by atoms with Crippen molar-refractivity contribution in [3.05, 3.63) is 33.4 Å².